The van der Waals surface area contributed by atoms with E-state index in [2.05, 4.69) is 5.32 Å². The van der Waals surface area contributed by atoms with Gasteiger partial charge in [0.1, 0.15) is 10.7 Å². The summed E-state index contributed by atoms with van der Waals surface area (Å²) in [4.78, 5) is 28.3. The number of nitrogens with zero attached hydrogens (tertiary/aromatic N) is 2. The summed E-state index contributed by atoms with van der Waals surface area (Å²) < 4.78 is 7.25. The van der Waals surface area contributed by atoms with Crippen LogP contribution in [0.1, 0.15) is 20.9 Å². The van der Waals surface area contributed by atoms with Crippen molar-refractivity contribution in [1.82, 2.24) is 9.88 Å². The van der Waals surface area contributed by atoms with Gasteiger partial charge in [0.25, 0.3) is 11.5 Å². The molecule has 0 unspecified atom stereocenters. The maximum Gasteiger partial charge on any atom is 0.273 e. The molecule has 0 aliphatic heterocycles. The lowest BCUT2D eigenvalue weighted by Crippen LogP contribution is -2.35. The number of nitrogens with one attached hydrogen (secondary N) is 1. The van der Waals surface area contributed by atoms with Gasteiger partial charge in [-0.15, -0.1) is 22.7 Å². The number of nitriles is 1. The molecule has 160 valence electrons. The van der Waals surface area contributed by atoms with Crippen LogP contribution in [0.2, 0.25) is 0 Å². The Morgan fingerprint density at radius 2 is 1.90 bits per heavy atom. The zero-order chi connectivity index (χ0) is 22.5. The number of benzene rings is 1. The molecule has 1 aromatic carbocycles. The average Bonchev–Trinajstić information content (AvgIpc) is 3.27. The standard InChI is InChI=1S/C23H23N3O3S2/c1-14-6-5-7-15(2)20(14)26-22(28)19(12-17-9-8-16(3)30-17)31-23(26)18(13-24)21(27)25-10-11-29-4/h5-9,12H,10-11H2,1-4H3,(H,25,27)/b19-12-,23-18-. The van der Waals surface area contributed by atoms with E-state index < -0.39 is 5.91 Å². The van der Waals surface area contributed by atoms with Crippen LogP contribution in [-0.2, 0) is 9.53 Å². The Kier molecular flexibility index (Phi) is 7.23. The highest BCUT2D eigenvalue weighted by Crippen LogP contribution is 2.17. The first kappa shape index (κ1) is 22.7. The van der Waals surface area contributed by atoms with Crippen LogP contribution in [0.15, 0.2) is 35.1 Å². The minimum atomic E-state index is -0.528. The first-order chi connectivity index (χ1) is 14.9. The number of methoxy groups -OCH3 is 1. The molecular weight excluding hydrogens is 430 g/mol. The van der Waals surface area contributed by atoms with Gasteiger partial charge in [0.15, 0.2) is 5.57 Å². The minimum absolute atomic E-state index is 0.0946. The van der Waals surface area contributed by atoms with Gasteiger partial charge in [0.2, 0.25) is 0 Å². The molecule has 0 saturated heterocycles. The molecule has 0 aliphatic carbocycles. The quantitative estimate of drug-likeness (QED) is 0.580. The van der Waals surface area contributed by atoms with E-state index in [1.807, 2.05) is 63.2 Å². The molecule has 1 N–H and O–H groups in total. The Morgan fingerprint density at radius 3 is 2.48 bits per heavy atom. The Bertz CT molecular complexity index is 1320. The van der Waals surface area contributed by atoms with E-state index in [4.69, 9.17) is 4.74 Å². The maximum atomic E-state index is 13.5. The minimum Gasteiger partial charge on any atom is -0.383 e. The molecule has 0 spiro atoms. The van der Waals surface area contributed by atoms with E-state index in [1.54, 1.807) is 11.3 Å². The van der Waals surface area contributed by atoms with Crippen molar-refractivity contribution in [2.45, 2.75) is 20.8 Å². The predicted molar refractivity (Wildman–Crippen MR) is 125 cm³/mol. The molecule has 6 nitrogen and oxygen atoms in total. The highest BCUT2D eigenvalue weighted by Gasteiger charge is 2.18. The van der Waals surface area contributed by atoms with E-state index in [1.165, 1.54) is 11.7 Å². The summed E-state index contributed by atoms with van der Waals surface area (Å²) in [6.07, 6.45) is 1.82. The summed E-state index contributed by atoms with van der Waals surface area (Å²) in [5, 5.41) is 12.5. The normalized spacial score (nSPS) is 12.5. The van der Waals surface area contributed by atoms with Crippen LogP contribution in [0, 0.1) is 32.1 Å². The number of aromatic nitrogens is 1. The molecule has 0 bridgehead atoms. The SMILES string of the molecule is COCCNC(=O)/C(C#N)=c1\s/c(=C\c2ccc(C)s2)c(=O)n1-c1c(C)cccc1C. The molecule has 0 saturated carbocycles. The first-order valence-corrected chi connectivity index (χ1v) is 11.3. The lowest BCUT2D eigenvalue weighted by molar-refractivity contribution is -0.115. The van der Waals surface area contributed by atoms with Gasteiger partial charge in [-0.2, -0.15) is 5.26 Å². The Balaban J connectivity index is 2.36. The van der Waals surface area contributed by atoms with Crippen LogP contribution in [0.5, 0.6) is 0 Å². The number of thiazole rings is 1. The third kappa shape index (κ3) is 4.85. The van der Waals surface area contributed by atoms with Crippen LogP contribution in [0.25, 0.3) is 17.3 Å². The fourth-order valence-electron chi connectivity index (χ4n) is 3.22. The Hall–Kier alpha value is -2.99. The predicted octanol–water partition coefficient (Wildman–Crippen LogP) is 2.15. The zero-order valence-corrected chi connectivity index (χ0v) is 19.4. The van der Waals surface area contributed by atoms with Crippen LogP contribution < -0.4 is 20.1 Å². The van der Waals surface area contributed by atoms with Crippen molar-refractivity contribution in [1.29, 1.82) is 5.26 Å². The fraction of sp³-hybridized carbons (Fsp3) is 0.261. The molecule has 3 aromatic rings. The molecule has 31 heavy (non-hydrogen) atoms. The molecule has 2 aromatic heterocycles. The van der Waals surface area contributed by atoms with Crippen molar-refractivity contribution in [2.75, 3.05) is 20.3 Å². The average molecular weight is 454 g/mol. The molecule has 2 heterocycles. The number of carbonyl (C=O) groups excluding carboxylic acids is 1. The van der Waals surface area contributed by atoms with E-state index >= 15 is 0 Å². The van der Waals surface area contributed by atoms with Crippen LogP contribution in [0.4, 0.5) is 0 Å². The molecule has 0 atom stereocenters. The van der Waals surface area contributed by atoms with E-state index in [0.717, 1.165) is 32.2 Å². The largest absolute Gasteiger partial charge is 0.383 e. The first-order valence-electron chi connectivity index (χ1n) is 9.65. The third-order valence-electron chi connectivity index (χ3n) is 4.67. The molecule has 0 aliphatic rings. The summed E-state index contributed by atoms with van der Waals surface area (Å²) in [7, 11) is 1.54. The molecule has 0 radical (unpaired) electrons. The second-order valence-electron chi connectivity index (χ2n) is 6.98. The van der Waals surface area contributed by atoms with Gasteiger partial charge >= 0.3 is 0 Å². The fourth-order valence-corrected chi connectivity index (χ4v) is 5.20. The summed E-state index contributed by atoms with van der Waals surface area (Å²) in [6, 6.07) is 11.7. The van der Waals surface area contributed by atoms with Crippen molar-refractivity contribution < 1.29 is 9.53 Å². The van der Waals surface area contributed by atoms with Gasteiger partial charge in [-0.05, 0) is 50.1 Å². The molecule has 3 rings (SSSR count). The van der Waals surface area contributed by atoms with E-state index in [9.17, 15) is 14.9 Å². The molecule has 0 fully saturated rings. The van der Waals surface area contributed by atoms with Crippen molar-refractivity contribution in [3.8, 4) is 11.8 Å². The monoisotopic (exact) mass is 453 g/mol. The second-order valence-corrected chi connectivity index (χ2v) is 9.33. The second kappa shape index (κ2) is 9.88. The lowest BCUT2D eigenvalue weighted by Gasteiger charge is -2.11. The number of aryl methyl sites for hydroxylation is 3. The maximum absolute atomic E-state index is 13.5. The van der Waals surface area contributed by atoms with Gasteiger partial charge in [-0.1, -0.05) is 18.2 Å². The highest BCUT2D eigenvalue weighted by molar-refractivity contribution is 7.13. The van der Waals surface area contributed by atoms with E-state index in [-0.39, 0.29) is 17.7 Å². The highest BCUT2D eigenvalue weighted by atomic mass is 32.1. The summed E-state index contributed by atoms with van der Waals surface area (Å²) >= 11 is 2.73. The number of carbonyl (C=O) groups is 1. The van der Waals surface area contributed by atoms with Gasteiger partial charge < -0.3 is 10.1 Å². The number of amides is 1. The van der Waals surface area contributed by atoms with Gasteiger partial charge in [-0.3, -0.25) is 14.2 Å². The van der Waals surface area contributed by atoms with Crippen molar-refractivity contribution in [3.05, 3.63) is 70.8 Å². The molecule has 1 amide bonds. The smallest absolute Gasteiger partial charge is 0.273 e. The number of para-hydroxylation sites is 1. The van der Waals surface area contributed by atoms with Crippen molar-refractivity contribution >= 4 is 40.2 Å². The Labute approximate surface area is 188 Å². The molecular formula is C23H23N3O3S2. The van der Waals surface area contributed by atoms with Crippen molar-refractivity contribution in [2.24, 2.45) is 0 Å². The number of hydrogen-bond acceptors (Lipinski definition) is 6. The summed E-state index contributed by atoms with van der Waals surface area (Å²) in [5.74, 6) is -0.528. The van der Waals surface area contributed by atoms with Crippen LogP contribution in [-0.4, -0.2) is 30.7 Å². The summed E-state index contributed by atoms with van der Waals surface area (Å²) in [5.41, 5.74) is 2.12. The topological polar surface area (TPSA) is 84.1 Å². The lowest BCUT2D eigenvalue weighted by atomic mass is 10.1. The zero-order valence-electron chi connectivity index (χ0n) is 17.8. The molecule has 8 heteroatoms. The van der Waals surface area contributed by atoms with Gasteiger partial charge in [0.05, 0.1) is 16.8 Å². The number of hydrogen-bond donors (Lipinski definition) is 1. The third-order valence-corrected chi connectivity index (χ3v) is 6.71. The Morgan fingerprint density at radius 1 is 1.19 bits per heavy atom. The van der Waals surface area contributed by atoms with Gasteiger partial charge in [0, 0.05) is 23.4 Å². The van der Waals surface area contributed by atoms with Crippen molar-refractivity contribution in [3.63, 3.8) is 0 Å². The van der Waals surface area contributed by atoms with Gasteiger partial charge in [-0.25, -0.2) is 0 Å². The van der Waals surface area contributed by atoms with Crippen LogP contribution in [0.3, 0.4) is 0 Å². The number of thiophene rings is 1. The van der Waals surface area contributed by atoms with E-state index in [0.29, 0.717) is 21.5 Å². The summed E-state index contributed by atoms with van der Waals surface area (Å²) in [6.45, 7) is 6.42. The number of ether oxygens (including phenoxy) is 1. The van der Waals surface area contributed by atoms with Crippen LogP contribution >= 0.6 is 22.7 Å². The number of rotatable bonds is 6.